The summed E-state index contributed by atoms with van der Waals surface area (Å²) in [6, 6.07) is 26.0. The summed E-state index contributed by atoms with van der Waals surface area (Å²) in [5, 5.41) is 2.84. The Balaban J connectivity index is 1.50. The molecule has 0 radical (unpaired) electrons. The number of amides is 1. The average Bonchev–Trinajstić information content (AvgIpc) is 3.28. The van der Waals surface area contributed by atoms with E-state index in [0.29, 0.717) is 6.04 Å². The van der Waals surface area contributed by atoms with Gasteiger partial charge in [-0.15, -0.1) is 0 Å². The molecule has 1 saturated heterocycles. The van der Waals surface area contributed by atoms with Gasteiger partial charge in [-0.25, -0.2) is 0 Å². The Morgan fingerprint density at radius 2 is 1.38 bits per heavy atom. The summed E-state index contributed by atoms with van der Waals surface area (Å²) in [6.45, 7) is 6.27. The number of benzene rings is 3. The van der Waals surface area contributed by atoms with Crippen LogP contribution in [-0.4, -0.2) is 23.9 Å². The zero-order valence-corrected chi connectivity index (χ0v) is 17.2. The Labute approximate surface area is 173 Å². The van der Waals surface area contributed by atoms with Crippen molar-refractivity contribution < 1.29 is 4.79 Å². The standard InChI is InChI=1S/C26H28N2O/c1-19(28-16-3-4-17-28)21-8-10-22(11-9-21)23-12-14-24(15-13-23)25-6-5-7-26(18-25)27-20(2)29/h5-15,18-19H,3-4,16-17H2,1-2H3,(H,27,29). The van der Waals surface area contributed by atoms with Gasteiger partial charge in [-0.2, -0.15) is 0 Å². The molecule has 1 heterocycles. The highest BCUT2D eigenvalue weighted by molar-refractivity contribution is 5.89. The van der Waals surface area contributed by atoms with Crippen molar-refractivity contribution in [1.82, 2.24) is 4.90 Å². The molecular weight excluding hydrogens is 356 g/mol. The van der Waals surface area contributed by atoms with E-state index in [9.17, 15) is 4.79 Å². The molecule has 1 atom stereocenters. The summed E-state index contributed by atoms with van der Waals surface area (Å²) in [7, 11) is 0. The number of carbonyl (C=O) groups is 1. The van der Waals surface area contributed by atoms with Crippen LogP contribution in [0.3, 0.4) is 0 Å². The van der Waals surface area contributed by atoms with Crippen LogP contribution in [0.4, 0.5) is 5.69 Å². The Kier molecular flexibility index (Phi) is 5.77. The van der Waals surface area contributed by atoms with E-state index in [4.69, 9.17) is 0 Å². The highest BCUT2D eigenvalue weighted by Crippen LogP contribution is 2.29. The number of nitrogens with zero attached hydrogens (tertiary/aromatic N) is 1. The van der Waals surface area contributed by atoms with Crippen molar-refractivity contribution in [1.29, 1.82) is 0 Å². The fraction of sp³-hybridized carbons (Fsp3) is 0.269. The molecule has 1 aliphatic heterocycles. The first-order valence-electron chi connectivity index (χ1n) is 10.4. The maximum atomic E-state index is 11.3. The van der Waals surface area contributed by atoms with Gasteiger partial charge in [0.1, 0.15) is 0 Å². The molecule has 4 rings (SSSR count). The molecule has 1 amide bonds. The maximum Gasteiger partial charge on any atom is 0.221 e. The molecule has 1 fully saturated rings. The highest BCUT2D eigenvalue weighted by atomic mass is 16.1. The second-order valence-electron chi connectivity index (χ2n) is 7.88. The minimum Gasteiger partial charge on any atom is -0.326 e. The lowest BCUT2D eigenvalue weighted by molar-refractivity contribution is -0.114. The third kappa shape index (κ3) is 4.57. The van der Waals surface area contributed by atoms with Crippen LogP contribution in [0.2, 0.25) is 0 Å². The molecule has 0 aromatic heterocycles. The summed E-state index contributed by atoms with van der Waals surface area (Å²) >= 11 is 0. The summed E-state index contributed by atoms with van der Waals surface area (Å²) in [4.78, 5) is 13.9. The number of rotatable bonds is 5. The lowest BCUT2D eigenvalue weighted by Crippen LogP contribution is -2.23. The van der Waals surface area contributed by atoms with Gasteiger partial charge in [0.15, 0.2) is 0 Å². The van der Waals surface area contributed by atoms with Crippen molar-refractivity contribution in [3.05, 3.63) is 78.4 Å². The van der Waals surface area contributed by atoms with Crippen LogP contribution in [0.15, 0.2) is 72.8 Å². The zero-order valence-electron chi connectivity index (χ0n) is 17.2. The van der Waals surface area contributed by atoms with E-state index in [1.54, 1.807) is 0 Å². The van der Waals surface area contributed by atoms with Crippen LogP contribution in [-0.2, 0) is 4.79 Å². The van der Waals surface area contributed by atoms with Crippen LogP contribution in [0.25, 0.3) is 22.3 Å². The first-order chi connectivity index (χ1) is 14.1. The minimum absolute atomic E-state index is 0.0556. The number of carbonyl (C=O) groups excluding carboxylic acids is 1. The molecule has 3 heteroatoms. The van der Waals surface area contributed by atoms with Gasteiger partial charge < -0.3 is 5.32 Å². The van der Waals surface area contributed by atoms with E-state index in [1.807, 2.05) is 18.2 Å². The average molecular weight is 385 g/mol. The molecule has 1 N–H and O–H groups in total. The predicted molar refractivity (Wildman–Crippen MR) is 121 cm³/mol. The van der Waals surface area contributed by atoms with Crippen LogP contribution < -0.4 is 5.32 Å². The number of hydrogen-bond donors (Lipinski definition) is 1. The molecule has 3 aromatic rings. The van der Waals surface area contributed by atoms with Gasteiger partial charge in [0.2, 0.25) is 5.91 Å². The van der Waals surface area contributed by atoms with Gasteiger partial charge in [-0.3, -0.25) is 9.69 Å². The number of likely N-dealkylation sites (tertiary alicyclic amines) is 1. The largest absolute Gasteiger partial charge is 0.326 e. The maximum absolute atomic E-state index is 11.3. The predicted octanol–water partition coefficient (Wildman–Crippen LogP) is 6.14. The van der Waals surface area contributed by atoms with Gasteiger partial charge in [0.05, 0.1) is 0 Å². The molecule has 0 spiro atoms. The van der Waals surface area contributed by atoms with Crippen molar-refractivity contribution in [3.63, 3.8) is 0 Å². The molecule has 3 nitrogen and oxygen atoms in total. The molecule has 0 aliphatic carbocycles. The van der Waals surface area contributed by atoms with Crippen molar-refractivity contribution in [2.45, 2.75) is 32.7 Å². The summed E-state index contributed by atoms with van der Waals surface area (Å²) in [6.07, 6.45) is 2.64. The Hall–Kier alpha value is -2.91. The first-order valence-corrected chi connectivity index (χ1v) is 10.4. The van der Waals surface area contributed by atoms with E-state index < -0.39 is 0 Å². The van der Waals surface area contributed by atoms with Gasteiger partial charge in [-0.05, 0) is 72.8 Å². The first kappa shape index (κ1) is 19.4. The Morgan fingerprint density at radius 3 is 1.97 bits per heavy atom. The van der Waals surface area contributed by atoms with Gasteiger partial charge in [0.25, 0.3) is 0 Å². The number of anilines is 1. The monoisotopic (exact) mass is 384 g/mol. The SMILES string of the molecule is CC(=O)Nc1cccc(-c2ccc(-c3ccc(C(C)N4CCCC4)cc3)cc2)c1. The third-order valence-electron chi connectivity index (χ3n) is 5.82. The lowest BCUT2D eigenvalue weighted by Gasteiger charge is -2.24. The van der Waals surface area contributed by atoms with Gasteiger partial charge in [-0.1, -0.05) is 60.7 Å². The second kappa shape index (κ2) is 8.62. The van der Waals surface area contributed by atoms with E-state index in [1.165, 1.54) is 49.5 Å². The second-order valence-corrected chi connectivity index (χ2v) is 7.88. The fourth-order valence-corrected chi connectivity index (χ4v) is 4.13. The van der Waals surface area contributed by atoms with E-state index in [-0.39, 0.29) is 5.91 Å². The molecule has 1 aliphatic rings. The van der Waals surface area contributed by atoms with E-state index in [0.717, 1.165) is 16.8 Å². The summed E-state index contributed by atoms with van der Waals surface area (Å²) < 4.78 is 0. The van der Waals surface area contributed by atoms with Crippen LogP contribution >= 0.6 is 0 Å². The molecule has 29 heavy (non-hydrogen) atoms. The number of nitrogens with one attached hydrogen (secondary N) is 1. The van der Waals surface area contributed by atoms with Crippen molar-refractivity contribution in [2.75, 3.05) is 18.4 Å². The minimum atomic E-state index is -0.0556. The van der Waals surface area contributed by atoms with Gasteiger partial charge >= 0.3 is 0 Å². The summed E-state index contributed by atoms with van der Waals surface area (Å²) in [5.74, 6) is -0.0556. The molecule has 0 bridgehead atoms. The topological polar surface area (TPSA) is 32.3 Å². The van der Waals surface area contributed by atoms with Crippen LogP contribution in [0.5, 0.6) is 0 Å². The third-order valence-corrected chi connectivity index (χ3v) is 5.82. The van der Waals surface area contributed by atoms with Gasteiger partial charge in [0, 0.05) is 18.7 Å². The fourth-order valence-electron chi connectivity index (χ4n) is 4.13. The smallest absolute Gasteiger partial charge is 0.221 e. The van der Waals surface area contributed by atoms with E-state index in [2.05, 4.69) is 71.7 Å². The normalized spacial score (nSPS) is 15.2. The quantitative estimate of drug-likeness (QED) is 0.573. The van der Waals surface area contributed by atoms with Crippen LogP contribution in [0, 0.1) is 0 Å². The van der Waals surface area contributed by atoms with Crippen molar-refractivity contribution in [3.8, 4) is 22.3 Å². The zero-order chi connectivity index (χ0) is 20.2. The molecule has 0 saturated carbocycles. The van der Waals surface area contributed by atoms with Crippen LogP contribution in [0.1, 0.15) is 38.3 Å². The summed E-state index contributed by atoms with van der Waals surface area (Å²) in [5.41, 5.74) is 6.90. The molecule has 3 aromatic carbocycles. The molecule has 1 unspecified atom stereocenters. The highest BCUT2D eigenvalue weighted by Gasteiger charge is 2.19. The molecule has 148 valence electrons. The number of hydrogen-bond acceptors (Lipinski definition) is 2. The van der Waals surface area contributed by atoms with Crippen molar-refractivity contribution >= 4 is 11.6 Å². The molecular formula is C26H28N2O. The lowest BCUT2D eigenvalue weighted by atomic mass is 9.98. The van der Waals surface area contributed by atoms with Crippen molar-refractivity contribution in [2.24, 2.45) is 0 Å². The Morgan fingerprint density at radius 1 is 0.828 bits per heavy atom. The van der Waals surface area contributed by atoms with E-state index >= 15 is 0 Å². The Bertz CT molecular complexity index is 970.